The molecule has 6 aliphatic carbocycles. The molecule has 5 N–H and O–H groups in total. The van der Waals surface area contributed by atoms with E-state index in [4.69, 9.17) is 25.8 Å². The maximum absolute atomic E-state index is 10.3. The second-order valence-corrected chi connectivity index (χ2v) is 42.9. The van der Waals surface area contributed by atoms with Crippen LogP contribution >= 0.6 is 11.6 Å². The summed E-state index contributed by atoms with van der Waals surface area (Å²) < 4.78 is 15.2. The van der Waals surface area contributed by atoms with E-state index < -0.39 is 22.3 Å². The Morgan fingerprint density at radius 2 is 1.25 bits per heavy atom. The van der Waals surface area contributed by atoms with Gasteiger partial charge in [-0.2, -0.15) is 0 Å². The zero-order valence-corrected chi connectivity index (χ0v) is 65.1. The number of aliphatic hydroxyl groups is 4. The molecule has 0 spiro atoms. The van der Waals surface area contributed by atoms with E-state index in [0.29, 0.717) is 60.4 Å². The van der Waals surface area contributed by atoms with E-state index in [1.54, 1.807) is 23.9 Å². The van der Waals surface area contributed by atoms with E-state index in [-0.39, 0.29) is 29.1 Å². The van der Waals surface area contributed by atoms with Crippen molar-refractivity contribution < 1.29 is 39.7 Å². The van der Waals surface area contributed by atoms with Crippen molar-refractivity contribution in [2.45, 2.75) is 214 Å². The fraction of sp³-hybridized carbons (Fsp3) is 0.461. The Morgan fingerprint density at radius 3 is 1.82 bits per heavy atom. The van der Waals surface area contributed by atoms with E-state index in [2.05, 4.69) is 178 Å². The van der Waals surface area contributed by atoms with E-state index in [9.17, 15) is 25.5 Å². The van der Waals surface area contributed by atoms with Crippen LogP contribution < -0.4 is 9.47 Å². The number of allylic oxidation sites excluding steroid dienone is 3. The van der Waals surface area contributed by atoms with Gasteiger partial charge in [-0.05, 0) is 253 Å². The summed E-state index contributed by atoms with van der Waals surface area (Å²) >= 11 is 5.27. The molecule has 11 heteroatoms. The highest BCUT2D eigenvalue weighted by molar-refractivity contribution is 6.84. The molecule has 0 aromatic heterocycles. The molecular formula is C89H113ClO8Si2. The van der Waals surface area contributed by atoms with Crippen molar-refractivity contribution in [1.82, 2.24) is 0 Å². The molecule has 3 saturated carbocycles. The number of halogens is 1. The SMILES string of the molecule is C=C(C)C[C@H](O)CC#CCOc1ccccc1.C=C1C(c2ccc(C)cc2)=C([Si](C)(C)C)C[C@]2(C)C[C@H](O)C[C@@H]12.COc1ccc(C#C[Si](C)(C)C)cc1.C[C@]12CCc3c(ccc4ccc(O)cc34)[C@@H]1C[C@@H](O)C2.Cc1ccc2c(C)cc3c(c2c1)CC[C@]1(C)C[C@H](O)C[C@@H]31.ClC[C@@H]1CO1. The number of alkyl halides is 1. The van der Waals surface area contributed by atoms with Gasteiger partial charge >= 0.3 is 0 Å². The molecule has 7 aromatic carbocycles. The molecule has 0 unspecified atom stereocenters. The third-order valence-electron chi connectivity index (χ3n) is 21.8. The summed E-state index contributed by atoms with van der Waals surface area (Å²) in [4.78, 5) is 0. The third-order valence-corrected chi connectivity index (χ3v) is 25.3. The standard InChI is InChI=1S/C21H30OSi.C20H24O.C18H20O2.C15H18O2.C12H16OSi.C3H5ClO/c1-14-7-9-16(10-8-14)20-15(2)18-11-17(22)12-21(18,3)13-19(20)23(4,5)6;1-12-4-5-15-13(2)9-18-16(17(15)8-12)6-7-20(3)11-14(21)10-19(18)20;1-18-7-6-14-15(17(18)9-13(20)10-18)5-3-11-2-4-12(19)8-16(11)14;1-13(2)12-14(16)8-6-7-11-17-15-9-4-3-5-10-15;1-13-12-7-5-11(6-8-12)9-10-14(2,3)4;4-1-3-2-5-3/h7-10,17-18,22H,2,11-13H2,1,3-6H3;4-5,8-9,14,19,21H,6-7,10-11H2,1-3H3;2-5,8,13,17,19-20H,6-7,9-10H2,1H3;3-5,9-10,14,16H,1,8,11-12H2,2H3;5-8H,1-4H3;3H,1-2H2/t17-,18+,21+;14-,19+,20-;13-,17+,18-;14-;;3-/m1111.1/s1. The van der Waals surface area contributed by atoms with Crippen molar-refractivity contribution in [3.8, 4) is 40.6 Å². The van der Waals surface area contributed by atoms with Crippen LogP contribution in [-0.2, 0) is 17.6 Å². The number of ether oxygens (including phenoxy) is 3. The van der Waals surface area contributed by atoms with Crippen molar-refractivity contribution in [3.05, 3.63) is 213 Å². The molecule has 100 heavy (non-hydrogen) atoms. The fourth-order valence-electron chi connectivity index (χ4n) is 16.5. The lowest BCUT2D eigenvalue weighted by atomic mass is 9.66. The summed E-state index contributed by atoms with van der Waals surface area (Å²) in [5.41, 5.74) is 20.0. The Bertz CT molecular complexity index is 4160. The highest BCUT2D eigenvalue weighted by atomic mass is 35.5. The number of epoxide rings is 1. The number of hydrogen-bond acceptors (Lipinski definition) is 8. The molecule has 14 rings (SSSR count). The van der Waals surface area contributed by atoms with Crippen molar-refractivity contribution in [3.63, 3.8) is 0 Å². The lowest BCUT2D eigenvalue weighted by Gasteiger charge is -2.44. The van der Waals surface area contributed by atoms with Crippen LogP contribution in [-0.4, -0.2) is 98.4 Å². The Morgan fingerprint density at radius 1 is 0.670 bits per heavy atom. The van der Waals surface area contributed by atoms with Crippen LogP contribution in [0.25, 0.3) is 27.1 Å². The highest BCUT2D eigenvalue weighted by Gasteiger charge is 2.51. The number of aromatic hydroxyl groups is 1. The summed E-state index contributed by atoms with van der Waals surface area (Å²) in [5, 5.41) is 56.7. The summed E-state index contributed by atoms with van der Waals surface area (Å²) in [6.45, 7) is 39.1. The Kier molecular flexibility index (Phi) is 25.7. The number of methoxy groups -OCH3 is 1. The summed E-state index contributed by atoms with van der Waals surface area (Å²) in [6.07, 6.45) is 11.8. The Balaban J connectivity index is 0.000000144. The van der Waals surface area contributed by atoms with Crippen molar-refractivity contribution in [1.29, 1.82) is 0 Å². The van der Waals surface area contributed by atoms with E-state index in [0.717, 1.165) is 93.5 Å². The van der Waals surface area contributed by atoms with Gasteiger partial charge in [0.15, 0.2) is 0 Å². The molecule has 0 bridgehead atoms. The number of hydrogen-bond donors (Lipinski definition) is 5. The van der Waals surface area contributed by atoms with Crippen molar-refractivity contribution in [2.24, 2.45) is 22.2 Å². The monoisotopic (exact) mass is 1400 g/mol. The minimum atomic E-state index is -1.45. The second kappa shape index (κ2) is 33.2. The van der Waals surface area contributed by atoms with Gasteiger partial charge in [0, 0.05) is 12.0 Å². The van der Waals surface area contributed by atoms with Crippen LogP contribution in [0.1, 0.15) is 160 Å². The number of benzene rings is 7. The number of rotatable bonds is 9. The topological polar surface area (TPSA) is 132 Å². The number of phenols is 1. The molecular weight excluding hydrogens is 1290 g/mol. The number of para-hydroxylation sites is 1. The normalized spacial score (nSPS) is 25.3. The first-order chi connectivity index (χ1) is 47.3. The van der Waals surface area contributed by atoms with Gasteiger partial charge in [-0.15, -0.1) is 23.7 Å². The van der Waals surface area contributed by atoms with Crippen LogP contribution in [0.3, 0.4) is 0 Å². The lowest BCUT2D eigenvalue weighted by Crippen LogP contribution is -2.37. The number of fused-ring (bicyclic) bond motifs is 11. The Hall–Kier alpha value is -6.68. The van der Waals surface area contributed by atoms with E-state index in [1.807, 2.05) is 73.7 Å². The predicted molar refractivity (Wildman–Crippen MR) is 423 cm³/mol. The van der Waals surface area contributed by atoms with Gasteiger partial charge in [0.2, 0.25) is 0 Å². The first-order valence-corrected chi connectivity index (χ1v) is 43.9. The molecule has 1 aliphatic heterocycles. The van der Waals surface area contributed by atoms with Gasteiger partial charge in [-0.25, -0.2) is 0 Å². The van der Waals surface area contributed by atoms with Crippen LogP contribution in [0.5, 0.6) is 17.2 Å². The average Bonchev–Trinajstić information content (AvgIpc) is 1.40. The molecule has 4 fully saturated rings. The summed E-state index contributed by atoms with van der Waals surface area (Å²) in [5.74, 6) is 13.1. The molecule has 11 atom stereocenters. The smallest absolute Gasteiger partial charge is 0.149 e. The van der Waals surface area contributed by atoms with Gasteiger partial charge < -0.3 is 39.7 Å². The van der Waals surface area contributed by atoms with Gasteiger partial charge in [-0.1, -0.05) is 191 Å². The highest BCUT2D eigenvalue weighted by Crippen LogP contribution is 2.60. The maximum atomic E-state index is 10.3. The molecule has 7 aromatic rings. The maximum Gasteiger partial charge on any atom is 0.149 e. The van der Waals surface area contributed by atoms with Crippen LogP contribution in [0.15, 0.2) is 163 Å². The van der Waals surface area contributed by atoms with Gasteiger partial charge in [-0.3, -0.25) is 0 Å². The molecule has 532 valence electrons. The van der Waals surface area contributed by atoms with Gasteiger partial charge in [0.25, 0.3) is 0 Å². The van der Waals surface area contributed by atoms with Crippen LogP contribution in [0.2, 0.25) is 39.3 Å². The van der Waals surface area contributed by atoms with Gasteiger partial charge in [0.05, 0.1) is 58.2 Å². The molecule has 0 amide bonds. The first-order valence-electron chi connectivity index (χ1n) is 36.4. The molecule has 1 saturated heterocycles. The quantitative estimate of drug-likeness (QED) is 0.0317. The predicted octanol–water partition coefficient (Wildman–Crippen LogP) is 20.1. The van der Waals surface area contributed by atoms with Crippen LogP contribution in [0, 0.1) is 66.2 Å². The molecule has 0 radical (unpaired) electrons. The largest absolute Gasteiger partial charge is 0.508 e. The van der Waals surface area contributed by atoms with Gasteiger partial charge in [0.1, 0.15) is 31.9 Å². The Labute approximate surface area is 606 Å². The number of aryl methyl sites for hydroxylation is 5. The zero-order valence-electron chi connectivity index (χ0n) is 62.4. The second-order valence-electron chi connectivity index (χ2n) is 32.7. The van der Waals surface area contributed by atoms with Crippen molar-refractivity contribution in [2.75, 3.05) is 26.2 Å². The van der Waals surface area contributed by atoms with Crippen LogP contribution in [0.4, 0.5) is 0 Å². The van der Waals surface area contributed by atoms with E-state index in [1.165, 1.54) is 78.1 Å². The van der Waals surface area contributed by atoms with E-state index >= 15 is 0 Å². The average molecular weight is 1400 g/mol. The molecule has 7 aliphatic rings. The zero-order chi connectivity index (χ0) is 72.5. The summed E-state index contributed by atoms with van der Waals surface area (Å²) in [7, 11) is -1.03. The number of aliphatic hydroxyl groups excluding tert-OH is 4. The minimum absolute atomic E-state index is 0.112. The third kappa shape index (κ3) is 19.9. The molecule has 1 heterocycles. The first kappa shape index (κ1) is 77.5. The molecule has 8 nitrogen and oxygen atoms in total. The van der Waals surface area contributed by atoms with Crippen molar-refractivity contribution >= 4 is 54.9 Å². The minimum Gasteiger partial charge on any atom is -0.508 e. The lowest BCUT2D eigenvalue weighted by molar-refractivity contribution is 0.159. The summed E-state index contributed by atoms with van der Waals surface area (Å²) in [6, 6.07) is 45.6. The fourth-order valence-corrected chi connectivity index (χ4v) is 19.2. The number of phenolic OH excluding ortho intramolecular Hbond substituents is 1.